The highest BCUT2D eigenvalue weighted by molar-refractivity contribution is 7.22. The molecule has 0 aliphatic heterocycles. The number of rotatable bonds is 7. The van der Waals surface area contributed by atoms with Crippen LogP contribution in [0.4, 0.5) is 10.8 Å². The van der Waals surface area contributed by atoms with Crippen molar-refractivity contribution in [2.45, 2.75) is 26.7 Å². The van der Waals surface area contributed by atoms with Gasteiger partial charge in [0.05, 0.1) is 20.8 Å². The first-order valence-electron chi connectivity index (χ1n) is 8.73. The molecule has 2 heterocycles. The maximum atomic E-state index is 7.38. The summed E-state index contributed by atoms with van der Waals surface area (Å²) in [6.45, 7) is 12.3. The van der Waals surface area contributed by atoms with Crippen molar-refractivity contribution in [3.05, 3.63) is 46.6 Å². The Bertz CT molecular complexity index is 1010. The third-order valence-electron chi connectivity index (χ3n) is 4.27. The highest BCUT2D eigenvalue weighted by Crippen LogP contribution is 2.39. The molecule has 140 valence electrons. The Hall–Kier alpha value is -2.85. The van der Waals surface area contributed by atoms with Gasteiger partial charge in [-0.05, 0) is 36.6 Å². The van der Waals surface area contributed by atoms with E-state index in [2.05, 4.69) is 17.1 Å². The van der Waals surface area contributed by atoms with Crippen LogP contribution in [-0.2, 0) is 6.42 Å². The highest BCUT2D eigenvalue weighted by Gasteiger charge is 2.16. The number of ether oxygens (including phenoxy) is 2. The first-order valence-corrected chi connectivity index (χ1v) is 9.55. The number of aryl methyl sites for hydroxylation is 1. The van der Waals surface area contributed by atoms with Crippen LogP contribution in [0.2, 0.25) is 0 Å². The molecule has 1 N–H and O–H groups in total. The lowest BCUT2D eigenvalue weighted by atomic mass is 10.1. The number of methoxy groups -OCH3 is 2. The van der Waals surface area contributed by atoms with Crippen LogP contribution in [0.5, 0.6) is 11.5 Å². The maximum absolute atomic E-state index is 7.38. The van der Waals surface area contributed by atoms with Gasteiger partial charge in [-0.3, -0.25) is 0 Å². The number of fused-ring (bicyclic) bond motifs is 1. The van der Waals surface area contributed by atoms with E-state index in [4.69, 9.17) is 26.0 Å². The molecule has 3 aromatic rings. The van der Waals surface area contributed by atoms with E-state index in [1.54, 1.807) is 14.2 Å². The third kappa shape index (κ3) is 3.81. The molecule has 7 heteroatoms. The summed E-state index contributed by atoms with van der Waals surface area (Å²) >= 11 is 1.42. The van der Waals surface area contributed by atoms with Crippen LogP contribution in [0, 0.1) is 13.5 Å². The second kappa shape index (κ2) is 8.23. The summed E-state index contributed by atoms with van der Waals surface area (Å²) < 4.78 is 10.7. The molecule has 0 radical (unpaired) electrons. The van der Waals surface area contributed by atoms with Crippen LogP contribution in [0.1, 0.15) is 30.3 Å². The molecule has 0 fully saturated rings. The monoisotopic (exact) mass is 382 g/mol. The zero-order valence-electron chi connectivity index (χ0n) is 15.9. The lowest BCUT2D eigenvalue weighted by molar-refractivity contribution is 0.354. The van der Waals surface area contributed by atoms with E-state index in [0.29, 0.717) is 28.7 Å². The predicted octanol–water partition coefficient (Wildman–Crippen LogP) is 4.98. The number of hydrogen-bond donors (Lipinski definition) is 1. The summed E-state index contributed by atoms with van der Waals surface area (Å²) in [7, 11) is 3.24. The first kappa shape index (κ1) is 18.9. The Labute approximate surface area is 163 Å². The maximum Gasteiger partial charge on any atom is 0.246 e. The van der Waals surface area contributed by atoms with Gasteiger partial charge in [0.2, 0.25) is 5.00 Å². The van der Waals surface area contributed by atoms with Crippen LogP contribution >= 0.6 is 11.3 Å². The predicted molar refractivity (Wildman–Crippen MR) is 110 cm³/mol. The molecular formula is C20H22N4O2S. The Morgan fingerprint density at radius 3 is 2.63 bits per heavy atom. The van der Waals surface area contributed by atoms with E-state index in [-0.39, 0.29) is 0 Å². The molecule has 0 aliphatic rings. The van der Waals surface area contributed by atoms with E-state index >= 15 is 0 Å². The molecule has 6 nitrogen and oxygen atoms in total. The number of benzene rings is 1. The lowest BCUT2D eigenvalue weighted by Gasteiger charge is -2.11. The second-order valence-electron chi connectivity index (χ2n) is 6.11. The van der Waals surface area contributed by atoms with Crippen molar-refractivity contribution in [2.24, 2.45) is 0 Å². The largest absolute Gasteiger partial charge is 0.493 e. The van der Waals surface area contributed by atoms with Crippen molar-refractivity contribution < 1.29 is 9.47 Å². The minimum atomic E-state index is 0.571. The van der Waals surface area contributed by atoms with Crippen molar-refractivity contribution in [3.63, 3.8) is 0 Å². The molecule has 0 aliphatic carbocycles. The van der Waals surface area contributed by atoms with Crippen molar-refractivity contribution in [1.82, 2.24) is 9.97 Å². The summed E-state index contributed by atoms with van der Waals surface area (Å²) in [5.41, 5.74) is 1.98. The number of aromatic nitrogens is 2. The Morgan fingerprint density at radius 1 is 1.19 bits per heavy atom. The second-order valence-corrected chi connectivity index (χ2v) is 7.08. The van der Waals surface area contributed by atoms with Gasteiger partial charge in [0, 0.05) is 18.4 Å². The van der Waals surface area contributed by atoms with Gasteiger partial charge in [0.25, 0.3) is 0 Å². The van der Waals surface area contributed by atoms with Crippen LogP contribution in [0.15, 0.2) is 18.2 Å². The highest BCUT2D eigenvalue weighted by atomic mass is 32.1. The zero-order valence-corrected chi connectivity index (χ0v) is 16.7. The van der Waals surface area contributed by atoms with Crippen molar-refractivity contribution >= 4 is 32.4 Å². The van der Waals surface area contributed by atoms with Crippen molar-refractivity contribution in [3.8, 4) is 11.5 Å². The summed E-state index contributed by atoms with van der Waals surface area (Å²) in [5, 5.41) is 5.01. The third-order valence-corrected chi connectivity index (χ3v) is 5.35. The first-order chi connectivity index (χ1) is 13.1. The SMILES string of the molecule is [C-]#[N+]c1sc2nc(Cc3ccc(OC)c(OC)c3)nc(NCCC)c2c1C. The molecule has 0 unspecified atom stereocenters. The summed E-state index contributed by atoms with van der Waals surface area (Å²) in [5.74, 6) is 2.90. The number of anilines is 1. The Morgan fingerprint density at radius 2 is 1.96 bits per heavy atom. The van der Waals surface area contributed by atoms with Gasteiger partial charge in [0.15, 0.2) is 11.5 Å². The normalized spacial score (nSPS) is 10.6. The van der Waals surface area contributed by atoms with Gasteiger partial charge in [0.1, 0.15) is 16.5 Å². The molecule has 0 atom stereocenters. The van der Waals surface area contributed by atoms with Crippen molar-refractivity contribution in [1.29, 1.82) is 0 Å². The molecule has 0 saturated heterocycles. The van der Waals surface area contributed by atoms with E-state index in [1.165, 1.54) is 11.3 Å². The lowest BCUT2D eigenvalue weighted by Crippen LogP contribution is -2.06. The minimum Gasteiger partial charge on any atom is -0.493 e. The molecule has 1 aromatic carbocycles. The van der Waals surface area contributed by atoms with Gasteiger partial charge in [-0.15, -0.1) is 11.3 Å². The van der Waals surface area contributed by atoms with Gasteiger partial charge >= 0.3 is 0 Å². The molecule has 0 saturated carbocycles. The van der Waals surface area contributed by atoms with Gasteiger partial charge in [-0.25, -0.2) is 14.8 Å². The summed E-state index contributed by atoms with van der Waals surface area (Å²) in [4.78, 5) is 13.9. The van der Waals surface area contributed by atoms with Crippen molar-refractivity contribution in [2.75, 3.05) is 26.1 Å². The fourth-order valence-electron chi connectivity index (χ4n) is 2.90. The van der Waals surface area contributed by atoms with Crippen LogP contribution < -0.4 is 14.8 Å². The van der Waals surface area contributed by atoms with E-state index < -0.39 is 0 Å². The molecule has 3 rings (SSSR count). The Balaban J connectivity index is 2.03. The molecule has 27 heavy (non-hydrogen) atoms. The van der Waals surface area contributed by atoms with E-state index in [9.17, 15) is 0 Å². The van der Waals surface area contributed by atoms with Gasteiger partial charge < -0.3 is 14.8 Å². The van der Waals surface area contributed by atoms with E-state index in [0.717, 1.165) is 40.1 Å². The smallest absolute Gasteiger partial charge is 0.246 e. The fraction of sp³-hybridized carbons (Fsp3) is 0.350. The standard InChI is InChI=1S/C20H22N4O2S/c1-6-9-22-18-17-12(2)19(21-3)27-20(17)24-16(23-18)11-13-7-8-14(25-4)15(10-13)26-5/h7-8,10H,6,9,11H2,1-2,4-5H3,(H,22,23,24). The number of thiophene rings is 1. The summed E-state index contributed by atoms with van der Waals surface area (Å²) in [6, 6.07) is 5.81. The Kier molecular flexibility index (Phi) is 5.77. The number of nitrogens with one attached hydrogen (secondary N) is 1. The molecule has 0 amide bonds. The van der Waals surface area contributed by atoms with Gasteiger partial charge in [-0.2, -0.15) is 0 Å². The minimum absolute atomic E-state index is 0.571. The van der Waals surface area contributed by atoms with Crippen LogP contribution in [0.3, 0.4) is 0 Å². The average Bonchev–Trinajstić information content (AvgIpc) is 3.01. The number of hydrogen-bond acceptors (Lipinski definition) is 6. The molecule has 0 bridgehead atoms. The fourth-order valence-corrected chi connectivity index (χ4v) is 3.89. The molecule has 0 spiro atoms. The molecular weight excluding hydrogens is 360 g/mol. The quantitative estimate of drug-likeness (QED) is 0.584. The van der Waals surface area contributed by atoms with E-state index in [1.807, 2.05) is 25.1 Å². The van der Waals surface area contributed by atoms with Crippen LogP contribution in [0.25, 0.3) is 15.1 Å². The number of nitrogens with zero attached hydrogens (tertiary/aromatic N) is 3. The van der Waals surface area contributed by atoms with Crippen LogP contribution in [-0.4, -0.2) is 30.7 Å². The molecule has 2 aromatic heterocycles. The van der Waals surface area contributed by atoms with Gasteiger partial charge in [-0.1, -0.05) is 13.0 Å². The average molecular weight is 382 g/mol. The summed E-state index contributed by atoms with van der Waals surface area (Å²) in [6.07, 6.45) is 1.57. The topological polar surface area (TPSA) is 60.6 Å². The zero-order chi connectivity index (χ0) is 19.4.